The molecule has 2 heterocycles. The van der Waals surface area contributed by atoms with Gasteiger partial charge in [0.25, 0.3) is 0 Å². The molecule has 0 bridgehead atoms. The fraction of sp³-hybridized carbons (Fsp3) is 0.529. The fourth-order valence-corrected chi connectivity index (χ4v) is 8.87. The second kappa shape index (κ2) is 9.97. The van der Waals surface area contributed by atoms with Crippen molar-refractivity contribution in [3.05, 3.63) is 64.3 Å². The van der Waals surface area contributed by atoms with Gasteiger partial charge in [-0.25, -0.2) is 0 Å². The van der Waals surface area contributed by atoms with Crippen molar-refractivity contribution in [1.29, 1.82) is 0 Å². The Kier molecular flexibility index (Phi) is 6.84. The first-order valence-electron chi connectivity index (χ1n) is 14.9. The summed E-state index contributed by atoms with van der Waals surface area (Å²) in [5.74, 6) is 2.57. The molecule has 3 aliphatic rings. The Morgan fingerprint density at radius 1 is 1.02 bits per heavy atom. The van der Waals surface area contributed by atoms with Gasteiger partial charge in [0.05, 0.1) is 0 Å². The summed E-state index contributed by atoms with van der Waals surface area (Å²) in [5, 5.41) is 4.61. The van der Waals surface area contributed by atoms with E-state index in [0.717, 1.165) is 54.0 Å². The van der Waals surface area contributed by atoms with Crippen LogP contribution in [-0.2, 0) is 9.59 Å². The number of para-hydroxylation sites is 1. The van der Waals surface area contributed by atoms with E-state index in [-0.39, 0.29) is 29.2 Å². The SMILES string of the molecule is Cc1cc(C)c(NC(=O)C2(N(C(=O)C[C@H]3[C@@H](c4c(C)[nH]c5ccccc45)C3(C)C)C3CC3)CCSCC2)c(C)c1. The Morgan fingerprint density at radius 3 is 2.33 bits per heavy atom. The molecule has 5 nitrogen and oxygen atoms in total. The second-order valence-corrected chi connectivity index (χ2v) is 14.4. The van der Waals surface area contributed by atoms with E-state index in [1.165, 1.54) is 27.7 Å². The largest absolute Gasteiger partial charge is 0.358 e. The first-order chi connectivity index (χ1) is 19.0. The van der Waals surface area contributed by atoms with E-state index >= 15 is 0 Å². The minimum absolute atomic E-state index is 0.00202. The van der Waals surface area contributed by atoms with Crippen LogP contribution >= 0.6 is 11.8 Å². The number of aromatic nitrogens is 1. The summed E-state index contributed by atoms with van der Waals surface area (Å²) in [6.07, 6.45) is 3.92. The maximum Gasteiger partial charge on any atom is 0.250 e. The number of hydrogen-bond donors (Lipinski definition) is 2. The smallest absolute Gasteiger partial charge is 0.250 e. The molecule has 1 saturated heterocycles. The molecule has 0 unspecified atom stereocenters. The highest BCUT2D eigenvalue weighted by Crippen LogP contribution is 2.67. The Hall–Kier alpha value is -2.73. The summed E-state index contributed by atoms with van der Waals surface area (Å²) in [5.41, 5.74) is 7.24. The zero-order valence-electron chi connectivity index (χ0n) is 24.8. The zero-order valence-corrected chi connectivity index (χ0v) is 25.6. The number of thioether (sulfide) groups is 1. The number of aryl methyl sites for hydroxylation is 4. The van der Waals surface area contributed by atoms with Crippen LogP contribution in [-0.4, -0.2) is 44.8 Å². The minimum atomic E-state index is -0.779. The number of amides is 2. The number of nitrogens with zero attached hydrogens (tertiary/aromatic N) is 1. The van der Waals surface area contributed by atoms with E-state index in [4.69, 9.17) is 0 Å². The lowest BCUT2D eigenvalue weighted by Crippen LogP contribution is -2.61. The molecule has 0 spiro atoms. The fourth-order valence-electron chi connectivity index (χ4n) is 7.70. The van der Waals surface area contributed by atoms with Crippen LogP contribution in [0.3, 0.4) is 0 Å². The minimum Gasteiger partial charge on any atom is -0.358 e. The topological polar surface area (TPSA) is 65.2 Å². The van der Waals surface area contributed by atoms with Gasteiger partial charge in [0.2, 0.25) is 11.8 Å². The van der Waals surface area contributed by atoms with Gasteiger partial charge in [-0.1, -0.05) is 49.7 Å². The van der Waals surface area contributed by atoms with E-state index in [1.807, 2.05) is 11.8 Å². The number of rotatable bonds is 7. The molecular formula is C34H43N3O2S. The molecule has 1 aliphatic heterocycles. The maximum atomic E-state index is 14.4. The molecule has 2 atom stereocenters. The standard InChI is InChI=1S/C34H43N3O2S/c1-20-17-21(2)31(22(3)18-20)36-32(39)34(13-15-40-16-14-34)37(24-11-12-24)28(38)19-26-30(33(26,5)6)29-23(4)35-27-10-8-7-9-25(27)29/h7-10,17-18,24,26,30,35H,11-16,19H2,1-6H3,(H,36,39)/t26-,30-/m0/s1. The summed E-state index contributed by atoms with van der Waals surface area (Å²) in [4.78, 5) is 34.4. The number of aromatic amines is 1. The first-order valence-corrected chi connectivity index (χ1v) is 16.1. The van der Waals surface area contributed by atoms with Crippen LogP contribution in [0.25, 0.3) is 10.9 Å². The van der Waals surface area contributed by atoms with Gasteiger partial charge in [-0.3, -0.25) is 9.59 Å². The number of carbonyl (C=O) groups is 2. The van der Waals surface area contributed by atoms with Gasteiger partial charge in [0.15, 0.2) is 0 Å². The predicted molar refractivity (Wildman–Crippen MR) is 166 cm³/mol. The third kappa shape index (κ3) is 4.56. The Balaban J connectivity index is 1.29. The van der Waals surface area contributed by atoms with Crippen molar-refractivity contribution in [3.8, 4) is 0 Å². The predicted octanol–water partition coefficient (Wildman–Crippen LogP) is 7.43. The van der Waals surface area contributed by atoms with Gasteiger partial charge in [-0.15, -0.1) is 0 Å². The van der Waals surface area contributed by atoms with E-state index in [0.29, 0.717) is 12.3 Å². The average Bonchev–Trinajstić information content (AvgIpc) is 3.79. The van der Waals surface area contributed by atoms with Crippen molar-refractivity contribution < 1.29 is 9.59 Å². The highest BCUT2D eigenvalue weighted by Gasteiger charge is 2.61. The van der Waals surface area contributed by atoms with Gasteiger partial charge >= 0.3 is 0 Å². The zero-order chi connectivity index (χ0) is 28.4. The normalized spacial score (nSPS) is 23.1. The average molecular weight is 558 g/mol. The van der Waals surface area contributed by atoms with Crippen LogP contribution in [0.15, 0.2) is 36.4 Å². The number of benzene rings is 2. The molecule has 2 amide bonds. The van der Waals surface area contributed by atoms with Crippen molar-refractivity contribution in [2.75, 3.05) is 16.8 Å². The summed E-state index contributed by atoms with van der Waals surface area (Å²) in [6, 6.07) is 12.9. The highest BCUT2D eigenvalue weighted by atomic mass is 32.2. The van der Waals surface area contributed by atoms with Crippen LogP contribution in [0.1, 0.15) is 79.8 Å². The number of anilines is 1. The van der Waals surface area contributed by atoms with Crippen LogP contribution in [0.2, 0.25) is 0 Å². The summed E-state index contributed by atoms with van der Waals surface area (Å²) in [7, 11) is 0. The Labute approximate surface area is 242 Å². The van der Waals surface area contributed by atoms with Crippen LogP contribution in [0, 0.1) is 39.0 Å². The quantitative estimate of drug-likeness (QED) is 0.318. The third-order valence-electron chi connectivity index (χ3n) is 10.00. The molecule has 1 aromatic heterocycles. The lowest BCUT2D eigenvalue weighted by molar-refractivity contribution is -0.147. The van der Waals surface area contributed by atoms with Crippen LogP contribution in [0.4, 0.5) is 5.69 Å². The lowest BCUT2D eigenvalue weighted by atomic mass is 9.87. The monoisotopic (exact) mass is 557 g/mol. The molecule has 212 valence electrons. The van der Waals surface area contributed by atoms with E-state index in [9.17, 15) is 9.59 Å². The van der Waals surface area contributed by atoms with Crippen molar-refractivity contribution in [2.24, 2.45) is 11.3 Å². The summed E-state index contributed by atoms with van der Waals surface area (Å²) < 4.78 is 0. The van der Waals surface area contributed by atoms with Crippen LogP contribution in [0.5, 0.6) is 0 Å². The molecule has 2 saturated carbocycles. The van der Waals surface area contributed by atoms with Crippen molar-refractivity contribution in [2.45, 2.75) is 91.1 Å². The molecule has 2 aromatic carbocycles. The molecular weight excluding hydrogens is 514 g/mol. The summed E-state index contributed by atoms with van der Waals surface area (Å²) in [6.45, 7) is 13.0. The first kappa shape index (κ1) is 27.4. The van der Waals surface area contributed by atoms with E-state index in [1.54, 1.807) is 0 Å². The molecule has 6 rings (SSSR count). The Morgan fingerprint density at radius 2 is 1.68 bits per heavy atom. The molecule has 3 fully saturated rings. The molecule has 0 radical (unpaired) electrons. The number of carbonyl (C=O) groups excluding carboxylic acids is 2. The molecule has 40 heavy (non-hydrogen) atoms. The molecule has 2 aliphatic carbocycles. The molecule has 3 aromatic rings. The van der Waals surface area contributed by atoms with E-state index < -0.39 is 5.54 Å². The number of fused-ring (bicyclic) bond motifs is 1. The van der Waals surface area contributed by atoms with Gasteiger partial charge in [-0.2, -0.15) is 11.8 Å². The van der Waals surface area contributed by atoms with E-state index in [2.05, 4.69) is 93.1 Å². The third-order valence-corrected chi connectivity index (χ3v) is 11.0. The number of hydrogen-bond acceptors (Lipinski definition) is 3. The number of nitrogens with one attached hydrogen (secondary N) is 2. The van der Waals surface area contributed by atoms with Gasteiger partial charge in [0.1, 0.15) is 5.54 Å². The number of H-pyrrole nitrogens is 1. The second-order valence-electron chi connectivity index (χ2n) is 13.2. The van der Waals surface area contributed by atoms with Gasteiger partial charge in [0, 0.05) is 34.7 Å². The Bertz CT molecular complexity index is 1450. The van der Waals surface area contributed by atoms with Gasteiger partial charge in [-0.05, 0) is 105 Å². The van der Waals surface area contributed by atoms with Crippen molar-refractivity contribution in [3.63, 3.8) is 0 Å². The van der Waals surface area contributed by atoms with Crippen molar-refractivity contribution in [1.82, 2.24) is 9.88 Å². The van der Waals surface area contributed by atoms with Crippen molar-refractivity contribution >= 4 is 40.2 Å². The molecule has 6 heteroatoms. The summed E-state index contributed by atoms with van der Waals surface area (Å²) >= 11 is 1.90. The van der Waals surface area contributed by atoms with Crippen LogP contribution < -0.4 is 5.32 Å². The highest BCUT2D eigenvalue weighted by molar-refractivity contribution is 7.99. The molecule has 2 N–H and O–H groups in total. The maximum absolute atomic E-state index is 14.4. The lowest BCUT2D eigenvalue weighted by Gasteiger charge is -2.45. The van der Waals surface area contributed by atoms with Gasteiger partial charge < -0.3 is 15.2 Å².